The van der Waals surface area contributed by atoms with E-state index in [9.17, 15) is 19.2 Å². The molecule has 1 atom stereocenters. The van der Waals surface area contributed by atoms with Gasteiger partial charge < -0.3 is 20.4 Å². The molecule has 0 unspecified atom stereocenters. The number of carbonyl (C=O) groups excluding carboxylic acids is 2. The van der Waals surface area contributed by atoms with Crippen LogP contribution in [0.4, 0.5) is 0 Å². The maximum Gasteiger partial charge on any atom is 0.326 e. The Morgan fingerprint density at radius 2 is 1.81 bits per heavy atom. The van der Waals surface area contributed by atoms with Gasteiger partial charge in [-0.1, -0.05) is 0 Å². The Morgan fingerprint density at radius 1 is 1.10 bits per heavy atom. The molecule has 118 valence electrons. The molecule has 1 aliphatic heterocycles. The Balaban J connectivity index is 2.40. The number of aliphatic carboxylic acids is 2. The third-order valence-corrected chi connectivity index (χ3v) is 3.35. The molecule has 0 aromatic heterocycles. The van der Waals surface area contributed by atoms with Crippen molar-refractivity contribution in [3.05, 3.63) is 0 Å². The highest BCUT2D eigenvalue weighted by molar-refractivity contribution is 6.35. The van der Waals surface area contributed by atoms with E-state index in [4.69, 9.17) is 10.2 Å². The summed E-state index contributed by atoms with van der Waals surface area (Å²) in [6.07, 6.45) is 2.63. The van der Waals surface area contributed by atoms with Gasteiger partial charge in [0.2, 0.25) is 0 Å². The van der Waals surface area contributed by atoms with E-state index in [2.05, 4.69) is 5.32 Å². The lowest BCUT2D eigenvalue weighted by atomic mass is 10.0. The Morgan fingerprint density at radius 3 is 2.43 bits per heavy atom. The molecule has 1 rings (SSSR count). The van der Waals surface area contributed by atoms with Gasteiger partial charge in [0.05, 0.1) is 0 Å². The van der Waals surface area contributed by atoms with Crippen molar-refractivity contribution in [2.24, 2.45) is 0 Å². The first kappa shape index (κ1) is 16.9. The van der Waals surface area contributed by atoms with Gasteiger partial charge >= 0.3 is 23.8 Å². The van der Waals surface area contributed by atoms with Crippen LogP contribution >= 0.6 is 0 Å². The number of carbonyl (C=O) groups is 4. The van der Waals surface area contributed by atoms with Crippen molar-refractivity contribution >= 4 is 23.8 Å². The third kappa shape index (κ3) is 5.41. The average molecular weight is 300 g/mol. The second kappa shape index (κ2) is 8.23. The SMILES string of the molecule is O=C(O)CCCCNC(=O)C(=O)N1CCCC[C@H]1C(=O)O. The molecule has 8 nitrogen and oxygen atoms in total. The zero-order chi connectivity index (χ0) is 15.8. The number of hydrogen-bond donors (Lipinski definition) is 3. The van der Waals surface area contributed by atoms with Gasteiger partial charge in [0.15, 0.2) is 0 Å². The molecular formula is C13H20N2O6. The van der Waals surface area contributed by atoms with Crippen molar-refractivity contribution in [2.75, 3.05) is 13.1 Å². The molecule has 3 N–H and O–H groups in total. The molecule has 8 heteroatoms. The van der Waals surface area contributed by atoms with Crippen molar-refractivity contribution < 1.29 is 29.4 Å². The molecule has 2 amide bonds. The van der Waals surface area contributed by atoms with Crippen molar-refractivity contribution in [2.45, 2.75) is 44.6 Å². The minimum Gasteiger partial charge on any atom is -0.481 e. The molecule has 0 spiro atoms. The number of likely N-dealkylation sites (tertiary alicyclic amines) is 1. The van der Waals surface area contributed by atoms with E-state index in [0.717, 1.165) is 11.3 Å². The van der Waals surface area contributed by atoms with Crippen molar-refractivity contribution in [3.8, 4) is 0 Å². The van der Waals surface area contributed by atoms with Gasteiger partial charge in [-0.05, 0) is 32.1 Å². The predicted octanol–water partition coefficient (Wildman–Crippen LogP) is -0.177. The first-order valence-corrected chi connectivity index (χ1v) is 6.97. The Hall–Kier alpha value is -2.12. The maximum atomic E-state index is 11.9. The fourth-order valence-electron chi connectivity index (χ4n) is 2.24. The second-order valence-corrected chi connectivity index (χ2v) is 4.96. The van der Waals surface area contributed by atoms with Gasteiger partial charge in [-0.15, -0.1) is 0 Å². The maximum absolute atomic E-state index is 11.9. The number of piperidine rings is 1. The zero-order valence-corrected chi connectivity index (χ0v) is 11.7. The van der Waals surface area contributed by atoms with E-state index in [-0.39, 0.29) is 19.5 Å². The van der Waals surface area contributed by atoms with E-state index in [1.54, 1.807) is 0 Å². The van der Waals surface area contributed by atoms with E-state index < -0.39 is 29.8 Å². The van der Waals surface area contributed by atoms with Crippen LogP contribution in [0.25, 0.3) is 0 Å². The molecule has 1 heterocycles. The summed E-state index contributed by atoms with van der Waals surface area (Å²) in [5.74, 6) is -3.67. The normalized spacial score (nSPS) is 18.1. The molecule has 0 saturated carbocycles. The molecule has 1 aliphatic rings. The summed E-state index contributed by atoms with van der Waals surface area (Å²) < 4.78 is 0. The zero-order valence-electron chi connectivity index (χ0n) is 11.7. The first-order chi connectivity index (χ1) is 9.93. The van der Waals surface area contributed by atoms with Crippen LogP contribution in [0.15, 0.2) is 0 Å². The molecule has 1 saturated heterocycles. The third-order valence-electron chi connectivity index (χ3n) is 3.35. The number of nitrogens with one attached hydrogen (secondary N) is 1. The monoisotopic (exact) mass is 300 g/mol. The fourth-order valence-corrected chi connectivity index (χ4v) is 2.24. The van der Waals surface area contributed by atoms with Crippen molar-refractivity contribution in [1.29, 1.82) is 0 Å². The van der Waals surface area contributed by atoms with Crippen LogP contribution in [0.2, 0.25) is 0 Å². The number of amides is 2. The van der Waals surface area contributed by atoms with E-state index >= 15 is 0 Å². The van der Waals surface area contributed by atoms with Crippen molar-refractivity contribution in [1.82, 2.24) is 10.2 Å². The fraction of sp³-hybridized carbons (Fsp3) is 0.692. The minimum absolute atomic E-state index is 0.0109. The summed E-state index contributed by atoms with van der Waals surface area (Å²) in [7, 11) is 0. The molecule has 21 heavy (non-hydrogen) atoms. The van der Waals surface area contributed by atoms with Crippen LogP contribution in [0.5, 0.6) is 0 Å². The largest absolute Gasteiger partial charge is 0.481 e. The number of carboxylic acid groups (broad SMARTS) is 2. The summed E-state index contributed by atoms with van der Waals surface area (Å²) in [5.41, 5.74) is 0. The van der Waals surface area contributed by atoms with Crippen molar-refractivity contribution in [3.63, 3.8) is 0 Å². The summed E-state index contributed by atoms with van der Waals surface area (Å²) in [4.78, 5) is 46.1. The summed E-state index contributed by atoms with van der Waals surface area (Å²) in [6, 6.07) is -0.941. The molecule has 0 bridgehead atoms. The number of carboxylic acids is 2. The molecular weight excluding hydrogens is 280 g/mol. The van der Waals surface area contributed by atoms with E-state index in [0.29, 0.717) is 25.7 Å². The number of rotatable bonds is 6. The highest BCUT2D eigenvalue weighted by atomic mass is 16.4. The highest BCUT2D eigenvalue weighted by Crippen LogP contribution is 2.17. The lowest BCUT2D eigenvalue weighted by molar-refractivity contribution is -0.156. The number of hydrogen-bond acceptors (Lipinski definition) is 4. The van der Waals surface area contributed by atoms with Crippen LogP contribution in [-0.2, 0) is 19.2 Å². The van der Waals surface area contributed by atoms with Gasteiger partial charge in [-0.25, -0.2) is 4.79 Å². The number of unbranched alkanes of at least 4 members (excludes halogenated alkanes) is 1. The van der Waals surface area contributed by atoms with Crippen LogP contribution in [0.3, 0.4) is 0 Å². The summed E-state index contributed by atoms with van der Waals surface area (Å²) in [6.45, 7) is 0.464. The topological polar surface area (TPSA) is 124 Å². The molecule has 0 aromatic carbocycles. The smallest absolute Gasteiger partial charge is 0.326 e. The second-order valence-electron chi connectivity index (χ2n) is 4.96. The molecule has 0 aliphatic carbocycles. The van der Waals surface area contributed by atoms with Gasteiger partial charge in [0.25, 0.3) is 0 Å². The van der Waals surface area contributed by atoms with Crippen LogP contribution in [0, 0.1) is 0 Å². The average Bonchev–Trinajstić information content (AvgIpc) is 2.45. The van der Waals surface area contributed by atoms with Crippen LogP contribution < -0.4 is 5.32 Å². The van der Waals surface area contributed by atoms with Crippen LogP contribution in [-0.4, -0.2) is 58.0 Å². The Bertz CT molecular complexity index is 423. The Labute approximate surface area is 122 Å². The molecule has 0 radical (unpaired) electrons. The molecule has 0 aromatic rings. The predicted molar refractivity (Wildman–Crippen MR) is 71.5 cm³/mol. The summed E-state index contributed by atoms with van der Waals surface area (Å²) in [5, 5.41) is 19.9. The van der Waals surface area contributed by atoms with Crippen LogP contribution in [0.1, 0.15) is 38.5 Å². The Kier molecular flexibility index (Phi) is 6.64. The standard InChI is InChI=1S/C13H20N2O6/c16-10(17)6-1-3-7-14-11(18)12(19)15-8-4-2-5-9(15)13(20)21/h9H,1-8H2,(H,14,18)(H,16,17)(H,20,21)/t9-/m0/s1. The quantitative estimate of drug-likeness (QED) is 0.462. The van der Waals surface area contributed by atoms with Gasteiger partial charge in [-0.3, -0.25) is 14.4 Å². The van der Waals surface area contributed by atoms with Gasteiger partial charge in [0.1, 0.15) is 6.04 Å². The van der Waals surface area contributed by atoms with E-state index in [1.807, 2.05) is 0 Å². The lowest BCUT2D eigenvalue weighted by Gasteiger charge is -2.32. The van der Waals surface area contributed by atoms with Gasteiger partial charge in [0, 0.05) is 19.5 Å². The lowest BCUT2D eigenvalue weighted by Crippen LogP contribution is -2.52. The molecule has 1 fully saturated rings. The van der Waals surface area contributed by atoms with Gasteiger partial charge in [-0.2, -0.15) is 0 Å². The van der Waals surface area contributed by atoms with E-state index in [1.165, 1.54) is 0 Å². The summed E-state index contributed by atoms with van der Waals surface area (Å²) >= 11 is 0. The highest BCUT2D eigenvalue weighted by Gasteiger charge is 2.34. The minimum atomic E-state index is -1.10. The first-order valence-electron chi connectivity index (χ1n) is 6.97. The number of nitrogens with zero attached hydrogens (tertiary/aromatic N) is 1.